The molecule has 0 aliphatic heterocycles. The van der Waals surface area contributed by atoms with Crippen LogP contribution in [0.25, 0.3) is 11.1 Å². The molecule has 0 aliphatic rings. The molecule has 1 nitrogen and oxygen atoms in total. The van der Waals surface area contributed by atoms with E-state index in [0.717, 1.165) is 26.2 Å². The number of rotatable bonds is 2. The molecule has 2 aromatic rings. The van der Waals surface area contributed by atoms with Crippen molar-refractivity contribution < 1.29 is 0 Å². The van der Waals surface area contributed by atoms with Gasteiger partial charge in [-0.1, -0.05) is 51.8 Å². The molecule has 0 saturated heterocycles. The van der Waals surface area contributed by atoms with E-state index in [9.17, 15) is 0 Å². The Labute approximate surface area is 115 Å². The number of halogens is 2. The van der Waals surface area contributed by atoms with Gasteiger partial charge in [0, 0.05) is 15.5 Å². The molecule has 0 aromatic heterocycles. The summed E-state index contributed by atoms with van der Waals surface area (Å²) in [5, 5.41) is 0.720. The minimum atomic E-state index is -0.0425. The Hall–Kier alpha value is -0.830. The van der Waals surface area contributed by atoms with E-state index in [-0.39, 0.29) is 6.04 Å². The monoisotopic (exact) mass is 309 g/mol. The lowest BCUT2D eigenvalue weighted by atomic mass is 10.0. The molecule has 2 N–H and O–H groups in total. The van der Waals surface area contributed by atoms with Crippen LogP contribution in [0.3, 0.4) is 0 Å². The van der Waals surface area contributed by atoms with Crippen molar-refractivity contribution in [2.75, 3.05) is 0 Å². The van der Waals surface area contributed by atoms with Crippen molar-refractivity contribution in [3.8, 4) is 11.1 Å². The zero-order chi connectivity index (χ0) is 12.4. The van der Waals surface area contributed by atoms with Crippen LogP contribution in [-0.4, -0.2) is 0 Å². The summed E-state index contributed by atoms with van der Waals surface area (Å²) >= 11 is 9.68. The molecule has 0 saturated carbocycles. The van der Waals surface area contributed by atoms with Gasteiger partial charge in [0.15, 0.2) is 0 Å². The van der Waals surface area contributed by atoms with Gasteiger partial charge < -0.3 is 5.73 Å². The number of hydrogen-bond donors (Lipinski definition) is 1. The van der Waals surface area contributed by atoms with Crippen molar-refractivity contribution in [2.24, 2.45) is 5.73 Å². The van der Waals surface area contributed by atoms with Crippen molar-refractivity contribution in [2.45, 2.75) is 13.0 Å². The van der Waals surface area contributed by atoms with Crippen molar-refractivity contribution in [1.29, 1.82) is 0 Å². The number of nitrogens with two attached hydrogens (primary N) is 1. The van der Waals surface area contributed by atoms with Crippen LogP contribution in [0.2, 0.25) is 5.02 Å². The predicted octanol–water partition coefficient (Wildman–Crippen LogP) is 4.79. The van der Waals surface area contributed by atoms with Gasteiger partial charge in [0.2, 0.25) is 0 Å². The van der Waals surface area contributed by atoms with Crippen LogP contribution in [0.15, 0.2) is 46.9 Å². The maximum absolute atomic E-state index is 6.22. The van der Waals surface area contributed by atoms with E-state index in [1.54, 1.807) is 0 Å². The zero-order valence-electron chi connectivity index (χ0n) is 9.45. The highest BCUT2D eigenvalue weighted by molar-refractivity contribution is 9.10. The summed E-state index contributed by atoms with van der Waals surface area (Å²) < 4.78 is 1.06. The summed E-state index contributed by atoms with van der Waals surface area (Å²) in [7, 11) is 0. The Morgan fingerprint density at radius 2 is 1.82 bits per heavy atom. The molecule has 0 spiro atoms. The molecular weight excluding hydrogens is 298 g/mol. The van der Waals surface area contributed by atoms with Crippen LogP contribution in [0.1, 0.15) is 18.5 Å². The van der Waals surface area contributed by atoms with Gasteiger partial charge in [-0.15, -0.1) is 0 Å². The minimum Gasteiger partial charge on any atom is -0.324 e. The van der Waals surface area contributed by atoms with Crippen LogP contribution in [-0.2, 0) is 0 Å². The smallest absolute Gasteiger partial charge is 0.0459 e. The zero-order valence-corrected chi connectivity index (χ0v) is 11.8. The molecular formula is C14H13BrClN. The average Bonchev–Trinajstić information content (AvgIpc) is 2.28. The Balaban J connectivity index is 2.44. The van der Waals surface area contributed by atoms with E-state index in [1.165, 1.54) is 0 Å². The van der Waals surface area contributed by atoms with Gasteiger partial charge in [0.25, 0.3) is 0 Å². The summed E-state index contributed by atoms with van der Waals surface area (Å²) in [6.45, 7) is 1.93. The van der Waals surface area contributed by atoms with E-state index in [2.05, 4.69) is 28.1 Å². The summed E-state index contributed by atoms with van der Waals surface area (Å²) in [5.74, 6) is 0. The van der Waals surface area contributed by atoms with Crippen molar-refractivity contribution in [1.82, 2.24) is 0 Å². The lowest BCUT2D eigenvalue weighted by Gasteiger charge is -2.10. The Morgan fingerprint density at radius 3 is 2.41 bits per heavy atom. The normalized spacial score (nSPS) is 12.5. The second-order valence-corrected chi connectivity index (χ2v) is 5.36. The third kappa shape index (κ3) is 2.89. The molecule has 0 bridgehead atoms. The molecule has 0 aliphatic carbocycles. The Bertz CT molecular complexity index is 537. The maximum Gasteiger partial charge on any atom is 0.0459 e. The molecule has 3 heteroatoms. The van der Waals surface area contributed by atoms with Crippen LogP contribution in [0.5, 0.6) is 0 Å². The first-order valence-electron chi connectivity index (χ1n) is 5.39. The molecule has 2 aromatic carbocycles. The van der Waals surface area contributed by atoms with E-state index < -0.39 is 0 Å². The van der Waals surface area contributed by atoms with E-state index >= 15 is 0 Å². The molecule has 88 valence electrons. The molecule has 0 fully saturated rings. The van der Waals surface area contributed by atoms with Crippen LogP contribution in [0.4, 0.5) is 0 Å². The second-order valence-electron chi connectivity index (χ2n) is 4.04. The molecule has 2 rings (SSSR count). The van der Waals surface area contributed by atoms with Gasteiger partial charge in [-0.3, -0.25) is 0 Å². The topological polar surface area (TPSA) is 26.0 Å². The largest absolute Gasteiger partial charge is 0.324 e. The SMILES string of the molecule is CC(N)c1ccc(-c2cccc(Br)c2)cc1Cl. The van der Waals surface area contributed by atoms with Gasteiger partial charge in [-0.05, 0) is 41.8 Å². The van der Waals surface area contributed by atoms with E-state index in [4.69, 9.17) is 17.3 Å². The third-order valence-electron chi connectivity index (χ3n) is 2.65. The van der Waals surface area contributed by atoms with Crippen molar-refractivity contribution in [3.05, 3.63) is 57.5 Å². The first-order chi connectivity index (χ1) is 8.08. The van der Waals surface area contributed by atoms with Gasteiger partial charge in [-0.25, -0.2) is 0 Å². The van der Waals surface area contributed by atoms with E-state index in [1.807, 2.05) is 37.3 Å². The minimum absolute atomic E-state index is 0.0425. The van der Waals surface area contributed by atoms with Crippen LogP contribution >= 0.6 is 27.5 Å². The van der Waals surface area contributed by atoms with Crippen molar-refractivity contribution in [3.63, 3.8) is 0 Å². The fourth-order valence-corrected chi connectivity index (χ4v) is 2.50. The third-order valence-corrected chi connectivity index (χ3v) is 3.47. The molecule has 0 radical (unpaired) electrons. The van der Waals surface area contributed by atoms with Gasteiger partial charge in [-0.2, -0.15) is 0 Å². The predicted molar refractivity (Wildman–Crippen MR) is 77.2 cm³/mol. The molecule has 0 amide bonds. The molecule has 1 atom stereocenters. The van der Waals surface area contributed by atoms with Crippen molar-refractivity contribution >= 4 is 27.5 Å². The maximum atomic E-state index is 6.22. The van der Waals surface area contributed by atoms with E-state index in [0.29, 0.717) is 0 Å². The lowest BCUT2D eigenvalue weighted by Crippen LogP contribution is -2.05. The molecule has 0 heterocycles. The first kappa shape index (κ1) is 12.6. The lowest BCUT2D eigenvalue weighted by molar-refractivity contribution is 0.819. The highest BCUT2D eigenvalue weighted by Crippen LogP contribution is 2.29. The number of hydrogen-bond acceptors (Lipinski definition) is 1. The summed E-state index contributed by atoms with van der Waals surface area (Å²) in [4.78, 5) is 0. The fraction of sp³-hybridized carbons (Fsp3) is 0.143. The summed E-state index contributed by atoms with van der Waals surface area (Å²) in [6, 6.07) is 14.1. The quantitative estimate of drug-likeness (QED) is 0.848. The highest BCUT2D eigenvalue weighted by atomic mass is 79.9. The summed E-state index contributed by atoms with van der Waals surface area (Å²) in [5.41, 5.74) is 9.05. The van der Waals surface area contributed by atoms with Gasteiger partial charge in [0.05, 0.1) is 0 Å². The molecule has 17 heavy (non-hydrogen) atoms. The fourth-order valence-electron chi connectivity index (χ4n) is 1.74. The number of benzene rings is 2. The highest BCUT2D eigenvalue weighted by Gasteiger charge is 2.07. The van der Waals surface area contributed by atoms with Crippen LogP contribution in [0, 0.1) is 0 Å². The Kier molecular flexibility index (Phi) is 3.87. The second kappa shape index (κ2) is 5.21. The van der Waals surface area contributed by atoms with Crippen LogP contribution < -0.4 is 5.73 Å². The molecule has 1 unspecified atom stereocenters. The summed E-state index contributed by atoms with van der Waals surface area (Å²) in [6.07, 6.45) is 0. The first-order valence-corrected chi connectivity index (χ1v) is 6.56. The average molecular weight is 311 g/mol. The van der Waals surface area contributed by atoms with Gasteiger partial charge in [0.1, 0.15) is 0 Å². The Morgan fingerprint density at radius 1 is 1.12 bits per heavy atom. The standard InChI is InChI=1S/C14H13BrClN/c1-9(17)13-6-5-11(8-14(13)16)10-3-2-4-12(15)7-10/h2-9H,17H2,1H3. The van der Waals surface area contributed by atoms with Gasteiger partial charge >= 0.3 is 0 Å².